The number of aromatic nitrogens is 1. The molecule has 0 atom stereocenters. The summed E-state index contributed by atoms with van der Waals surface area (Å²) in [6, 6.07) is 20.0. The number of benzene rings is 2. The van der Waals surface area contributed by atoms with Gasteiger partial charge >= 0.3 is 0 Å². The monoisotopic (exact) mass is 299 g/mol. The van der Waals surface area contributed by atoms with Crippen LogP contribution < -0.4 is 0 Å². The van der Waals surface area contributed by atoms with Gasteiger partial charge in [-0.05, 0) is 33.9 Å². The topological polar surface area (TPSA) is 33.1 Å². The molecule has 0 radical (unpaired) electrons. The molecule has 0 fully saturated rings. The third-order valence-electron chi connectivity index (χ3n) is 4.44. The summed E-state index contributed by atoms with van der Waals surface area (Å²) in [5.41, 5.74) is 3.92. The molecule has 2 heteroatoms. The first-order valence-electron chi connectivity index (χ1n) is 7.76. The Morgan fingerprint density at radius 1 is 0.783 bits per heavy atom. The Balaban J connectivity index is 1.95. The van der Waals surface area contributed by atoms with Crippen LogP contribution >= 0.6 is 0 Å². The Hall–Kier alpha value is -2.71. The van der Waals surface area contributed by atoms with Crippen LogP contribution in [0.2, 0.25) is 0 Å². The predicted molar refractivity (Wildman–Crippen MR) is 92.8 cm³/mol. The molecule has 1 heterocycles. The maximum atomic E-state index is 11.7. The molecule has 0 bridgehead atoms. The zero-order chi connectivity index (χ0) is 15.7. The molecule has 2 aromatic carbocycles. The highest BCUT2D eigenvalue weighted by atomic mass is 16.3. The number of fused-ring (bicyclic) bond motifs is 2. The van der Waals surface area contributed by atoms with E-state index in [4.69, 9.17) is 0 Å². The predicted octanol–water partition coefficient (Wildman–Crippen LogP) is 4.04. The van der Waals surface area contributed by atoms with Crippen LogP contribution in [0.5, 0.6) is 0 Å². The zero-order valence-corrected chi connectivity index (χ0v) is 12.7. The molecule has 0 unspecified atom stereocenters. The third-order valence-corrected chi connectivity index (χ3v) is 4.44. The van der Waals surface area contributed by atoms with Crippen molar-refractivity contribution >= 4 is 12.2 Å². The SMILES string of the molecule is OC1(Cc2cccnc2)c2ccccc2C=Cc2ccccc21. The molecule has 1 aliphatic rings. The molecule has 0 spiro atoms. The van der Waals surface area contributed by atoms with E-state index in [9.17, 15) is 5.11 Å². The molecular weight excluding hydrogens is 282 g/mol. The summed E-state index contributed by atoms with van der Waals surface area (Å²) in [4.78, 5) is 4.19. The van der Waals surface area contributed by atoms with Gasteiger partial charge in [-0.3, -0.25) is 4.98 Å². The van der Waals surface area contributed by atoms with E-state index >= 15 is 0 Å². The molecule has 1 aliphatic carbocycles. The van der Waals surface area contributed by atoms with Crippen molar-refractivity contribution in [2.24, 2.45) is 0 Å². The first-order valence-corrected chi connectivity index (χ1v) is 7.76. The molecule has 23 heavy (non-hydrogen) atoms. The summed E-state index contributed by atoms with van der Waals surface area (Å²) in [7, 11) is 0. The lowest BCUT2D eigenvalue weighted by Crippen LogP contribution is -2.31. The molecule has 3 aromatic rings. The molecule has 1 aromatic heterocycles. The lowest BCUT2D eigenvalue weighted by atomic mass is 9.79. The van der Waals surface area contributed by atoms with Gasteiger partial charge in [0.25, 0.3) is 0 Å². The fourth-order valence-electron chi connectivity index (χ4n) is 3.35. The summed E-state index contributed by atoms with van der Waals surface area (Å²) in [5.74, 6) is 0. The summed E-state index contributed by atoms with van der Waals surface area (Å²) in [6.45, 7) is 0. The zero-order valence-electron chi connectivity index (χ0n) is 12.7. The van der Waals surface area contributed by atoms with Gasteiger partial charge in [-0.1, -0.05) is 66.7 Å². The first kappa shape index (κ1) is 13.9. The quantitative estimate of drug-likeness (QED) is 0.774. The molecule has 0 saturated carbocycles. The van der Waals surface area contributed by atoms with Gasteiger partial charge in [-0.2, -0.15) is 0 Å². The standard InChI is InChI=1S/C21H17NO/c23-21(14-16-6-5-13-22-15-16)19-9-3-1-7-17(19)11-12-18-8-2-4-10-20(18)21/h1-13,15,23H,14H2. The van der Waals surface area contributed by atoms with Crippen LogP contribution in [0, 0.1) is 0 Å². The third kappa shape index (κ3) is 2.37. The van der Waals surface area contributed by atoms with Crippen molar-refractivity contribution in [3.8, 4) is 0 Å². The molecule has 0 aliphatic heterocycles. The number of hydrogen-bond donors (Lipinski definition) is 1. The van der Waals surface area contributed by atoms with Crippen molar-refractivity contribution < 1.29 is 5.11 Å². The summed E-state index contributed by atoms with van der Waals surface area (Å²) in [5, 5.41) is 11.7. The molecule has 1 N–H and O–H groups in total. The average Bonchev–Trinajstić information content (AvgIpc) is 2.72. The fraction of sp³-hybridized carbons (Fsp3) is 0.0952. The Labute approximate surface area is 135 Å². The lowest BCUT2D eigenvalue weighted by Gasteiger charge is -2.31. The number of pyridine rings is 1. The van der Waals surface area contributed by atoms with Gasteiger partial charge in [0.2, 0.25) is 0 Å². The highest BCUT2D eigenvalue weighted by Crippen LogP contribution is 2.40. The van der Waals surface area contributed by atoms with Gasteiger partial charge in [0.1, 0.15) is 5.60 Å². The molecule has 4 rings (SSSR count). The Bertz CT molecular complexity index is 818. The Morgan fingerprint density at radius 3 is 1.96 bits per heavy atom. The van der Waals surface area contributed by atoms with Crippen molar-refractivity contribution in [1.29, 1.82) is 0 Å². The number of nitrogens with zero attached hydrogens (tertiary/aromatic N) is 1. The second-order valence-electron chi connectivity index (χ2n) is 5.91. The second kappa shape index (κ2) is 5.49. The molecule has 0 amide bonds. The molecule has 112 valence electrons. The van der Waals surface area contributed by atoms with Crippen LogP contribution in [0.3, 0.4) is 0 Å². The summed E-state index contributed by atoms with van der Waals surface area (Å²) >= 11 is 0. The minimum Gasteiger partial charge on any atom is -0.380 e. The van der Waals surface area contributed by atoms with Crippen molar-refractivity contribution in [3.05, 3.63) is 101 Å². The number of aliphatic hydroxyl groups is 1. The van der Waals surface area contributed by atoms with Crippen LogP contribution in [-0.4, -0.2) is 10.1 Å². The molecular formula is C21H17NO. The van der Waals surface area contributed by atoms with Gasteiger partial charge in [-0.25, -0.2) is 0 Å². The first-order chi connectivity index (χ1) is 11.3. The van der Waals surface area contributed by atoms with E-state index in [0.717, 1.165) is 27.8 Å². The average molecular weight is 299 g/mol. The van der Waals surface area contributed by atoms with E-state index in [1.807, 2.05) is 66.9 Å². The van der Waals surface area contributed by atoms with Gasteiger partial charge in [0.15, 0.2) is 0 Å². The van der Waals surface area contributed by atoms with Crippen molar-refractivity contribution in [2.75, 3.05) is 0 Å². The second-order valence-corrected chi connectivity index (χ2v) is 5.91. The van der Waals surface area contributed by atoms with Gasteiger partial charge < -0.3 is 5.11 Å². The van der Waals surface area contributed by atoms with E-state index in [-0.39, 0.29) is 0 Å². The highest BCUT2D eigenvalue weighted by Gasteiger charge is 2.36. The fourth-order valence-corrected chi connectivity index (χ4v) is 3.35. The van der Waals surface area contributed by atoms with Gasteiger partial charge in [0.05, 0.1) is 0 Å². The van der Waals surface area contributed by atoms with Crippen molar-refractivity contribution in [2.45, 2.75) is 12.0 Å². The molecule has 2 nitrogen and oxygen atoms in total. The van der Waals surface area contributed by atoms with Gasteiger partial charge in [0, 0.05) is 18.8 Å². The number of rotatable bonds is 2. The maximum absolute atomic E-state index is 11.7. The minimum atomic E-state index is -1.07. The van der Waals surface area contributed by atoms with E-state index in [1.165, 1.54) is 0 Å². The Kier molecular flexibility index (Phi) is 3.32. The normalized spacial score (nSPS) is 14.7. The summed E-state index contributed by atoms with van der Waals surface area (Å²) < 4.78 is 0. The van der Waals surface area contributed by atoms with Crippen LogP contribution in [-0.2, 0) is 12.0 Å². The van der Waals surface area contributed by atoms with Crippen LogP contribution in [0.4, 0.5) is 0 Å². The van der Waals surface area contributed by atoms with E-state index in [1.54, 1.807) is 6.20 Å². The van der Waals surface area contributed by atoms with E-state index in [2.05, 4.69) is 17.1 Å². The molecule has 0 saturated heterocycles. The van der Waals surface area contributed by atoms with Crippen LogP contribution in [0.1, 0.15) is 27.8 Å². The Morgan fingerprint density at radius 2 is 1.39 bits per heavy atom. The van der Waals surface area contributed by atoms with Crippen LogP contribution in [0.15, 0.2) is 73.1 Å². The number of hydrogen-bond acceptors (Lipinski definition) is 2. The van der Waals surface area contributed by atoms with Crippen molar-refractivity contribution in [1.82, 2.24) is 4.98 Å². The summed E-state index contributed by atoms with van der Waals surface area (Å²) in [6.07, 6.45) is 8.23. The van der Waals surface area contributed by atoms with E-state index < -0.39 is 5.60 Å². The smallest absolute Gasteiger partial charge is 0.120 e. The lowest BCUT2D eigenvalue weighted by molar-refractivity contribution is 0.0808. The highest BCUT2D eigenvalue weighted by molar-refractivity contribution is 5.77. The van der Waals surface area contributed by atoms with Gasteiger partial charge in [-0.15, -0.1) is 0 Å². The largest absolute Gasteiger partial charge is 0.380 e. The van der Waals surface area contributed by atoms with Crippen LogP contribution in [0.25, 0.3) is 12.2 Å². The maximum Gasteiger partial charge on any atom is 0.120 e. The van der Waals surface area contributed by atoms with Crippen molar-refractivity contribution in [3.63, 3.8) is 0 Å². The van der Waals surface area contributed by atoms with E-state index in [0.29, 0.717) is 6.42 Å². The minimum absolute atomic E-state index is 0.497.